The highest BCUT2D eigenvalue weighted by Crippen LogP contribution is 2.21. The molecule has 0 aliphatic heterocycles. The molecule has 0 saturated heterocycles. The molecule has 0 heterocycles. The van der Waals surface area contributed by atoms with Crippen LogP contribution in [0.1, 0.15) is 25.3 Å². The normalized spacial score (nSPS) is 17.2. The summed E-state index contributed by atoms with van der Waals surface area (Å²) in [6, 6.07) is 5.60. The lowest BCUT2D eigenvalue weighted by atomic mass is 10.2. The van der Waals surface area contributed by atoms with Gasteiger partial charge in [-0.15, -0.1) is 0 Å². The van der Waals surface area contributed by atoms with Crippen molar-refractivity contribution < 1.29 is 9.13 Å². The van der Waals surface area contributed by atoms with Crippen LogP contribution < -0.4 is 10.1 Å². The lowest BCUT2D eigenvalue weighted by molar-refractivity contribution is 0.207. The van der Waals surface area contributed by atoms with Crippen molar-refractivity contribution in [3.8, 4) is 5.75 Å². The first-order valence-electron chi connectivity index (χ1n) is 5.81. The van der Waals surface area contributed by atoms with E-state index in [2.05, 4.69) is 5.32 Å². The molecule has 0 amide bonds. The molecule has 0 bridgehead atoms. The molecule has 1 aliphatic rings. The molecule has 2 rings (SSSR count). The van der Waals surface area contributed by atoms with E-state index >= 15 is 0 Å². The highest BCUT2D eigenvalue weighted by atomic mass is 19.1. The van der Waals surface area contributed by atoms with Gasteiger partial charge in [0.1, 0.15) is 6.10 Å². The standard InChI is InChI=1S/C13H18FNO/c1-9-3-6-12(14)13(7-9)16-10(2)8-15-11-4-5-11/h3,6-7,10-11,15H,4-5,8H2,1-2H3. The van der Waals surface area contributed by atoms with Gasteiger partial charge >= 0.3 is 0 Å². The van der Waals surface area contributed by atoms with Crippen molar-refractivity contribution in [2.45, 2.75) is 38.8 Å². The summed E-state index contributed by atoms with van der Waals surface area (Å²) in [5.74, 6) is 0.0639. The van der Waals surface area contributed by atoms with E-state index in [1.807, 2.05) is 13.8 Å². The summed E-state index contributed by atoms with van der Waals surface area (Å²) < 4.78 is 19.0. The van der Waals surface area contributed by atoms with E-state index in [-0.39, 0.29) is 11.9 Å². The molecule has 1 aromatic rings. The molecular formula is C13H18FNO. The molecule has 1 N–H and O–H groups in total. The summed E-state index contributed by atoms with van der Waals surface area (Å²) in [6.07, 6.45) is 2.51. The van der Waals surface area contributed by atoms with E-state index in [9.17, 15) is 4.39 Å². The van der Waals surface area contributed by atoms with Gasteiger partial charge in [0.05, 0.1) is 0 Å². The molecule has 1 saturated carbocycles. The predicted molar refractivity (Wildman–Crippen MR) is 62.3 cm³/mol. The SMILES string of the molecule is Cc1ccc(F)c(OC(C)CNC2CC2)c1. The molecule has 3 heteroatoms. The summed E-state index contributed by atoms with van der Waals surface area (Å²) in [6.45, 7) is 4.66. The molecule has 1 aliphatic carbocycles. The number of halogens is 1. The Morgan fingerprint density at radius 3 is 2.94 bits per heavy atom. The Labute approximate surface area is 95.8 Å². The quantitative estimate of drug-likeness (QED) is 0.828. The second-order valence-corrected chi connectivity index (χ2v) is 4.54. The van der Waals surface area contributed by atoms with Crippen LogP contribution in [0.4, 0.5) is 4.39 Å². The Balaban J connectivity index is 1.88. The zero-order valence-electron chi connectivity index (χ0n) is 9.79. The van der Waals surface area contributed by atoms with Crippen molar-refractivity contribution in [2.24, 2.45) is 0 Å². The van der Waals surface area contributed by atoms with Crippen molar-refractivity contribution in [2.75, 3.05) is 6.54 Å². The fraction of sp³-hybridized carbons (Fsp3) is 0.538. The highest BCUT2D eigenvalue weighted by Gasteiger charge is 2.21. The minimum atomic E-state index is -0.288. The van der Waals surface area contributed by atoms with Gasteiger partial charge in [0.2, 0.25) is 0 Å². The van der Waals surface area contributed by atoms with Gasteiger partial charge in [-0.05, 0) is 44.4 Å². The van der Waals surface area contributed by atoms with Crippen LogP contribution in [0.15, 0.2) is 18.2 Å². The van der Waals surface area contributed by atoms with Crippen molar-refractivity contribution in [1.29, 1.82) is 0 Å². The Hall–Kier alpha value is -1.09. The van der Waals surface area contributed by atoms with E-state index in [0.717, 1.165) is 12.1 Å². The summed E-state index contributed by atoms with van der Waals surface area (Å²) in [5, 5.41) is 3.36. The number of benzene rings is 1. The molecule has 2 nitrogen and oxygen atoms in total. The fourth-order valence-electron chi connectivity index (χ4n) is 1.58. The van der Waals surface area contributed by atoms with Gasteiger partial charge in [0.15, 0.2) is 11.6 Å². The topological polar surface area (TPSA) is 21.3 Å². The average molecular weight is 223 g/mol. The monoisotopic (exact) mass is 223 g/mol. The summed E-state index contributed by atoms with van der Waals surface area (Å²) in [4.78, 5) is 0. The van der Waals surface area contributed by atoms with Gasteiger partial charge in [0.25, 0.3) is 0 Å². The third-order valence-electron chi connectivity index (χ3n) is 2.69. The molecular weight excluding hydrogens is 205 g/mol. The van der Waals surface area contributed by atoms with Crippen LogP contribution >= 0.6 is 0 Å². The van der Waals surface area contributed by atoms with Gasteiger partial charge in [-0.1, -0.05) is 6.07 Å². The Morgan fingerprint density at radius 1 is 1.50 bits per heavy atom. The maximum atomic E-state index is 13.4. The van der Waals surface area contributed by atoms with Gasteiger partial charge in [-0.25, -0.2) is 4.39 Å². The van der Waals surface area contributed by atoms with E-state index < -0.39 is 0 Å². The maximum Gasteiger partial charge on any atom is 0.165 e. The van der Waals surface area contributed by atoms with Crippen molar-refractivity contribution in [1.82, 2.24) is 5.32 Å². The predicted octanol–water partition coefficient (Wildman–Crippen LogP) is 2.65. The number of ether oxygens (including phenoxy) is 1. The van der Waals surface area contributed by atoms with E-state index in [4.69, 9.17) is 4.74 Å². The van der Waals surface area contributed by atoms with Gasteiger partial charge in [-0.2, -0.15) is 0 Å². The van der Waals surface area contributed by atoms with Gasteiger partial charge in [-0.3, -0.25) is 0 Å². The number of nitrogens with one attached hydrogen (secondary N) is 1. The molecule has 0 aromatic heterocycles. The molecule has 88 valence electrons. The summed E-state index contributed by atoms with van der Waals surface area (Å²) in [5.41, 5.74) is 1.01. The smallest absolute Gasteiger partial charge is 0.165 e. The van der Waals surface area contributed by atoms with Crippen molar-refractivity contribution >= 4 is 0 Å². The zero-order valence-corrected chi connectivity index (χ0v) is 9.79. The van der Waals surface area contributed by atoms with E-state index in [1.54, 1.807) is 12.1 Å². The summed E-state index contributed by atoms with van der Waals surface area (Å²) >= 11 is 0. The molecule has 0 radical (unpaired) electrons. The number of rotatable bonds is 5. The minimum Gasteiger partial charge on any atom is -0.486 e. The van der Waals surface area contributed by atoms with Gasteiger partial charge in [0, 0.05) is 12.6 Å². The third-order valence-corrected chi connectivity index (χ3v) is 2.69. The average Bonchev–Trinajstić information content (AvgIpc) is 3.04. The maximum absolute atomic E-state index is 13.4. The molecule has 0 spiro atoms. The third kappa shape index (κ3) is 3.20. The number of hydrogen-bond acceptors (Lipinski definition) is 2. The Morgan fingerprint density at radius 2 is 2.25 bits per heavy atom. The Bertz CT molecular complexity index is 363. The number of hydrogen-bond donors (Lipinski definition) is 1. The fourth-order valence-corrected chi connectivity index (χ4v) is 1.58. The second kappa shape index (κ2) is 4.83. The molecule has 1 unspecified atom stereocenters. The van der Waals surface area contributed by atoms with Crippen LogP contribution in [0.3, 0.4) is 0 Å². The summed E-state index contributed by atoms with van der Waals surface area (Å²) in [7, 11) is 0. The zero-order chi connectivity index (χ0) is 11.5. The Kier molecular flexibility index (Phi) is 3.44. The minimum absolute atomic E-state index is 0.00287. The highest BCUT2D eigenvalue weighted by molar-refractivity contribution is 5.29. The first-order valence-corrected chi connectivity index (χ1v) is 5.81. The van der Waals surface area contributed by atoms with Crippen molar-refractivity contribution in [3.05, 3.63) is 29.6 Å². The van der Waals surface area contributed by atoms with E-state index in [0.29, 0.717) is 11.8 Å². The van der Waals surface area contributed by atoms with Crippen LogP contribution in [0.5, 0.6) is 5.75 Å². The first kappa shape index (κ1) is 11.4. The molecule has 16 heavy (non-hydrogen) atoms. The van der Waals surface area contributed by atoms with Crippen LogP contribution in [-0.4, -0.2) is 18.7 Å². The number of aryl methyl sites for hydroxylation is 1. The van der Waals surface area contributed by atoms with Crippen LogP contribution in [-0.2, 0) is 0 Å². The molecule has 1 fully saturated rings. The van der Waals surface area contributed by atoms with Crippen molar-refractivity contribution in [3.63, 3.8) is 0 Å². The van der Waals surface area contributed by atoms with Crippen LogP contribution in [0.2, 0.25) is 0 Å². The lowest BCUT2D eigenvalue weighted by Gasteiger charge is -2.16. The largest absolute Gasteiger partial charge is 0.486 e. The van der Waals surface area contributed by atoms with E-state index in [1.165, 1.54) is 18.9 Å². The first-order chi connectivity index (χ1) is 7.65. The van der Waals surface area contributed by atoms with Crippen LogP contribution in [0, 0.1) is 12.7 Å². The van der Waals surface area contributed by atoms with Gasteiger partial charge < -0.3 is 10.1 Å². The second-order valence-electron chi connectivity index (χ2n) is 4.54. The van der Waals surface area contributed by atoms with Crippen LogP contribution in [0.25, 0.3) is 0 Å². The lowest BCUT2D eigenvalue weighted by Crippen LogP contribution is -2.30. The molecule has 1 atom stereocenters. The molecule has 1 aromatic carbocycles.